The monoisotopic (exact) mass is 366 g/mol. The van der Waals surface area contributed by atoms with Gasteiger partial charge in [0.1, 0.15) is 12.1 Å². The van der Waals surface area contributed by atoms with Gasteiger partial charge in [0.15, 0.2) is 5.69 Å². The summed E-state index contributed by atoms with van der Waals surface area (Å²) in [5, 5.41) is 0. The van der Waals surface area contributed by atoms with Gasteiger partial charge in [0.05, 0.1) is 7.11 Å². The number of hydrogen-bond donors (Lipinski definition) is 0. The van der Waals surface area contributed by atoms with E-state index in [4.69, 9.17) is 4.74 Å². The molecule has 1 aromatic heterocycles. The molecule has 6 nitrogen and oxygen atoms in total. The summed E-state index contributed by atoms with van der Waals surface area (Å²) in [6.45, 7) is 2.98. The maximum atomic E-state index is 11.7. The van der Waals surface area contributed by atoms with Crippen molar-refractivity contribution in [3.63, 3.8) is 0 Å². The second kappa shape index (κ2) is 7.27. The average molecular weight is 366 g/mol. The number of likely N-dealkylation sites (tertiary alicyclic amines) is 1. The van der Waals surface area contributed by atoms with Gasteiger partial charge in [0, 0.05) is 31.2 Å². The van der Waals surface area contributed by atoms with Gasteiger partial charge in [0.2, 0.25) is 0 Å². The van der Waals surface area contributed by atoms with Crippen molar-refractivity contribution >= 4 is 11.8 Å². The first-order valence-corrected chi connectivity index (χ1v) is 9.53. The standard InChI is InChI=1S/C21H26N4O2/c1-24-14-17(16-6-4-3-5-7-16)13-21(24)8-10-25(11-9-21)19-12-18(20(26)27-2)22-15-23-19/h3-7,12,15,17H,8-11,13-14H2,1-2H3/t17-/m1/s1. The van der Waals surface area contributed by atoms with Gasteiger partial charge in [-0.15, -0.1) is 0 Å². The smallest absolute Gasteiger partial charge is 0.356 e. The molecule has 4 rings (SSSR count). The molecule has 2 aromatic rings. The number of carbonyl (C=O) groups is 1. The largest absolute Gasteiger partial charge is 0.464 e. The van der Waals surface area contributed by atoms with E-state index in [1.54, 1.807) is 6.07 Å². The van der Waals surface area contributed by atoms with Crippen LogP contribution in [-0.4, -0.2) is 60.2 Å². The number of rotatable bonds is 3. The maximum Gasteiger partial charge on any atom is 0.356 e. The molecule has 1 spiro atoms. The molecule has 0 N–H and O–H groups in total. The quantitative estimate of drug-likeness (QED) is 0.779. The molecule has 0 aliphatic carbocycles. The molecule has 2 aliphatic rings. The SMILES string of the molecule is COC(=O)c1cc(N2CCC3(CC2)C[C@@H](c2ccccc2)CN3C)ncn1. The van der Waals surface area contributed by atoms with Gasteiger partial charge in [-0.05, 0) is 37.8 Å². The van der Waals surface area contributed by atoms with Gasteiger partial charge in [-0.3, -0.25) is 4.90 Å². The van der Waals surface area contributed by atoms with Crippen LogP contribution in [0.1, 0.15) is 41.2 Å². The fourth-order valence-electron chi connectivity index (χ4n) is 4.63. The van der Waals surface area contributed by atoms with Gasteiger partial charge in [0.25, 0.3) is 0 Å². The van der Waals surface area contributed by atoms with E-state index in [-0.39, 0.29) is 5.54 Å². The Labute approximate surface area is 160 Å². The van der Waals surface area contributed by atoms with Crippen LogP contribution in [0.3, 0.4) is 0 Å². The lowest BCUT2D eigenvalue weighted by Crippen LogP contribution is -2.50. The summed E-state index contributed by atoms with van der Waals surface area (Å²) in [4.78, 5) is 24.9. The molecule has 0 bridgehead atoms. The minimum absolute atomic E-state index is 0.259. The van der Waals surface area contributed by atoms with E-state index in [2.05, 4.69) is 57.1 Å². The summed E-state index contributed by atoms with van der Waals surface area (Å²) in [5.74, 6) is 0.988. The predicted octanol–water partition coefficient (Wildman–Crippen LogP) is 2.72. The Kier molecular flexibility index (Phi) is 4.83. The number of nitrogens with zero attached hydrogens (tertiary/aromatic N) is 4. The molecule has 0 unspecified atom stereocenters. The number of aromatic nitrogens is 2. The highest BCUT2D eigenvalue weighted by Gasteiger charge is 2.45. The van der Waals surface area contributed by atoms with Crippen molar-refractivity contribution in [3.05, 3.63) is 54.0 Å². The Bertz CT molecular complexity index is 803. The fourth-order valence-corrected chi connectivity index (χ4v) is 4.63. The second-order valence-corrected chi connectivity index (χ2v) is 7.66. The number of esters is 1. The molecule has 142 valence electrons. The Morgan fingerprint density at radius 3 is 2.63 bits per heavy atom. The third kappa shape index (κ3) is 3.41. The van der Waals surface area contributed by atoms with E-state index in [1.165, 1.54) is 25.4 Å². The Hall–Kier alpha value is -2.47. The number of anilines is 1. The molecule has 1 atom stereocenters. The summed E-state index contributed by atoms with van der Waals surface area (Å²) in [6, 6.07) is 12.6. The topological polar surface area (TPSA) is 58.6 Å². The lowest BCUT2D eigenvalue weighted by molar-refractivity contribution is 0.0593. The van der Waals surface area contributed by atoms with Crippen LogP contribution in [0.5, 0.6) is 0 Å². The number of likely N-dealkylation sites (N-methyl/N-ethyl adjacent to an activating group) is 1. The highest BCUT2D eigenvalue weighted by Crippen LogP contribution is 2.44. The summed E-state index contributed by atoms with van der Waals surface area (Å²) in [7, 11) is 3.63. The van der Waals surface area contributed by atoms with Crippen LogP contribution >= 0.6 is 0 Å². The molecule has 6 heteroatoms. The summed E-state index contributed by atoms with van der Waals surface area (Å²) >= 11 is 0. The molecule has 1 aromatic carbocycles. The van der Waals surface area contributed by atoms with Crippen molar-refractivity contribution in [2.75, 3.05) is 38.7 Å². The van der Waals surface area contributed by atoms with E-state index >= 15 is 0 Å². The van der Waals surface area contributed by atoms with Gasteiger partial charge in [-0.1, -0.05) is 30.3 Å². The van der Waals surface area contributed by atoms with E-state index in [0.29, 0.717) is 11.6 Å². The average Bonchev–Trinajstić information content (AvgIpc) is 3.04. The zero-order valence-electron chi connectivity index (χ0n) is 16.0. The molecule has 2 aliphatic heterocycles. The molecule has 2 saturated heterocycles. The molecule has 2 fully saturated rings. The third-order valence-electron chi connectivity index (χ3n) is 6.27. The van der Waals surface area contributed by atoms with Crippen molar-refractivity contribution in [2.45, 2.75) is 30.7 Å². The first-order valence-electron chi connectivity index (χ1n) is 9.53. The van der Waals surface area contributed by atoms with Gasteiger partial charge < -0.3 is 9.64 Å². The predicted molar refractivity (Wildman–Crippen MR) is 104 cm³/mol. The van der Waals surface area contributed by atoms with Crippen LogP contribution < -0.4 is 4.90 Å². The van der Waals surface area contributed by atoms with Crippen molar-refractivity contribution in [1.29, 1.82) is 0 Å². The van der Waals surface area contributed by atoms with Crippen LogP contribution in [0.25, 0.3) is 0 Å². The van der Waals surface area contributed by atoms with E-state index in [1.807, 2.05) is 0 Å². The van der Waals surface area contributed by atoms with E-state index in [0.717, 1.165) is 38.3 Å². The normalized spacial score (nSPS) is 22.1. The highest BCUT2D eigenvalue weighted by atomic mass is 16.5. The summed E-state index contributed by atoms with van der Waals surface area (Å²) in [6.07, 6.45) is 4.85. The molecule has 0 amide bonds. The maximum absolute atomic E-state index is 11.7. The fraction of sp³-hybridized carbons (Fsp3) is 0.476. The van der Waals surface area contributed by atoms with Gasteiger partial charge in [-0.2, -0.15) is 0 Å². The number of benzene rings is 1. The van der Waals surface area contributed by atoms with Crippen molar-refractivity contribution < 1.29 is 9.53 Å². The van der Waals surface area contributed by atoms with Crippen LogP contribution in [0.2, 0.25) is 0 Å². The van der Waals surface area contributed by atoms with E-state index in [9.17, 15) is 4.79 Å². The minimum atomic E-state index is -0.423. The molecule has 0 saturated carbocycles. The minimum Gasteiger partial charge on any atom is -0.464 e. The van der Waals surface area contributed by atoms with Crippen molar-refractivity contribution in [2.24, 2.45) is 0 Å². The molecule has 3 heterocycles. The Balaban J connectivity index is 1.45. The van der Waals surface area contributed by atoms with Gasteiger partial charge >= 0.3 is 5.97 Å². The zero-order valence-corrected chi connectivity index (χ0v) is 16.0. The van der Waals surface area contributed by atoms with Crippen molar-refractivity contribution in [3.8, 4) is 0 Å². The molecule has 0 radical (unpaired) electrons. The number of ether oxygens (including phenoxy) is 1. The lowest BCUT2D eigenvalue weighted by Gasteiger charge is -2.44. The number of hydrogen-bond acceptors (Lipinski definition) is 6. The van der Waals surface area contributed by atoms with Crippen LogP contribution in [0, 0.1) is 0 Å². The second-order valence-electron chi connectivity index (χ2n) is 7.66. The van der Waals surface area contributed by atoms with Crippen molar-refractivity contribution in [1.82, 2.24) is 14.9 Å². The molecular formula is C21H26N4O2. The Morgan fingerprint density at radius 2 is 1.93 bits per heavy atom. The zero-order chi connectivity index (χ0) is 18.9. The number of methoxy groups -OCH3 is 1. The first-order chi connectivity index (χ1) is 13.1. The molecule has 27 heavy (non-hydrogen) atoms. The lowest BCUT2D eigenvalue weighted by atomic mass is 9.81. The van der Waals surface area contributed by atoms with E-state index < -0.39 is 5.97 Å². The number of piperidine rings is 1. The third-order valence-corrected chi connectivity index (χ3v) is 6.27. The summed E-state index contributed by atoms with van der Waals surface area (Å²) < 4.78 is 4.77. The molecular weight excluding hydrogens is 340 g/mol. The highest BCUT2D eigenvalue weighted by molar-refractivity contribution is 5.87. The number of carbonyl (C=O) groups excluding carboxylic acids is 1. The van der Waals surface area contributed by atoms with Crippen LogP contribution in [-0.2, 0) is 4.74 Å². The van der Waals surface area contributed by atoms with Crippen LogP contribution in [0.15, 0.2) is 42.7 Å². The summed E-state index contributed by atoms with van der Waals surface area (Å²) in [5.41, 5.74) is 2.02. The Morgan fingerprint density at radius 1 is 1.19 bits per heavy atom. The van der Waals surface area contributed by atoms with Crippen LogP contribution in [0.4, 0.5) is 5.82 Å². The van der Waals surface area contributed by atoms with Gasteiger partial charge in [-0.25, -0.2) is 14.8 Å². The first kappa shape index (κ1) is 17.9.